The van der Waals surface area contributed by atoms with E-state index in [1.54, 1.807) is 12.1 Å². The summed E-state index contributed by atoms with van der Waals surface area (Å²) in [6.45, 7) is 1.24. The molecule has 0 N–H and O–H groups in total. The highest BCUT2D eigenvalue weighted by Gasteiger charge is 2.19. The Morgan fingerprint density at radius 2 is 2.00 bits per heavy atom. The van der Waals surface area contributed by atoms with E-state index < -0.39 is 12.0 Å². The van der Waals surface area contributed by atoms with E-state index in [1.165, 1.54) is 24.9 Å². The molecule has 0 aliphatic heterocycles. The molecule has 98 valence electrons. The number of hydrogen-bond donors (Lipinski definition) is 0. The lowest BCUT2D eigenvalue weighted by atomic mass is 10.2. The molecule has 2 nitrogen and oxygen atoms in total. The third-order valence-corrected chi connectivity index (χ3v) is 3.72. The minimum atomic E-state index is -1.52. The van der Waals surface area contributed by atoms with Gasteiger partial charge in [0.05, 0.1) is 0 Å². The standard InChI is InChI=1S/C15H14FNOS/c1-11(16)15(18)14-13(8-5-9-17-14)19-10-12-6-3-2-4-7-12/h2-9,11H,10H2,1H3. The van der Waals surface area contributed by atoms with Crippen LogP contribution >= 0.6 is 11.8 Å². The molecule has 0 bridgehead atoms. The zero-order chi connectivity index (χ0) is 13.7. The maximum atomic E-state index is 13.1. The second kappa shape index (κ2) is 6.48. The van der Waals surface area contributed by atoms with Gasteiger partial charge in [-0.1, -0.05) is 30.3 Å². The lowest BCUT2D eigenvalue weighted by Gasteiger charge is -2.07. The Kier molecular flexibility index (Phi) is 4.68. The van der Waals surface area contributed by atoms with E-state index in [0.29, 0.717) is 0 Å². The molecule has 1 aromatic carbocycles. The maximum absolute atomic E-state index is 13.1. The smallest absolute Gasteiger partial charge is 0.216 e. The fourth-order valence-electron chi connectivity index (χ4n) is 1.62. The van der Waals surface area contributed by atoms with Gasteiger partial charge in [-0.3, -0.25) is 9.78 Å². The molecular weight excluding hydrogens is 261 g/mol. The van der Waals surface area contributed by atoms with Crippen LogP contribution in [0.3, 0.4) is 0 Å². The molecule has 1 unspecified atom stereocenters. The molecule has 2 rings (SSSR count). The van der Waals surface area contributed by atoms with Crippen LogP contribution in [0.25, 0.3) is 0 Å². The van der Waals surface area contributed by atoms with Gasteiger partial charge in [0.2, 0.25) is 5.78 Å². The molecule has 0 saturated heterocycles. The quantitative estimate of drug-likeness (QED) is 0.612. The molecule has 0 saturated carbocycles. The summed E-state index contributed by atoms with van der Waals surface area (Å²) in [4.78, 5) is 16.5. The Bertz CT molecular complexity index is 557. The van der Waals surface area contributed by atoms with Crippen molar-refractivity contribution < 1.29 is 9.18 Å². The number of pyridine rings is 1. The number of carbonyl (C=O) groups excluding carboxylic acids is 1. The van der Waals surface area contributed by atoms with E-state index in [1.807, 2.05) is 30.3 Å². The minimum absolute atomic E-state index is 0.221. The molecule has 0 radical (unpaired) electrons. The molecular formula is C15H14FNOS. The van der Waals surface area contributed by atoms with Crippen LogP contribution in [0.2, 0.25) is 0 Å². The van der Waals surface area contributed by atoms with Crippen LogP contribution in [0.5, 0.6) is 0 Å². The maximum Gasteiger partial charge on any atom is 0.216 e. The minimum Gasteiger partial charge on any atom is -0.289 e. The Balaban J connectivity index is 2.14. The van der Waals surface area contributed by atoms with Crippen molar-refractivity contribution in [2.75, 3.05) is 0 Å². The van der Waals surface area contributed by atoms with Crippen molar-refractivity contribution in [3.05, 3.63) is 59.9 Å². The van der Waals surface area contributed by atoms with Gasteiger partial charge in [-0.05, 0) is 24.6 Å². The first-order valence-electron chi connectivity index (χ1n) is 5.98. The van der Waals surface area contributed by atoms with Gasteiger partial charge in [0.1, 0.15) is 5.69 Å². The van der Waals surface area contributed by atoms with Crippen molar-refractivity contribution in [2.24, 2.45) is 0 Å². The zero-order valence-electron chi connectivity index (χ0n) is 10.5. The molecule has 1 heterocycles. The van der Waals surface area contributed by atoms with Gasteiger partial charge < -0.3 is 0 Å². The Hall–Kier alpha value is -1.68. The fourth-order valence-corrected chi connectivity index (χ4v) is 2.60. The lowest BCUT2D eigenvalue weighted by Crippen LogP contribution is -2.14. The van der Waals surface area contributed by atoms with Crippen LogP contribution in [0.15, 0.2) is 53.6 Å². The summed E-state index contributed by atoms with van der Waals surface area (Å²) < 4.78 is 13.1. The first-order valence-corrected chi connectivity index (χ1v) is 6.97. The first-order chi connectivity index (χ1) is 9.18. The van der Waals surface area contributed by atoms with E-state index in [2.05, 4.69) is 4.98 Å². The van der Waals surface area contributed by atoms with Crippen molar-refractivity contribution in [2.45, 2.75) is 23.7 Å². The fraction of sp³-hybridized carbons (Fsp3) is 0.200. The van der Waals surface area contributed by atoms with Crippen molar-refractivity contribution in [1.82, 2.24) is 4.98 Å². The third kappa shape index (κ3) is 3.64. The van der Waals surface area contributed by atoms with Crippen molar-refractivity contribution in [3.63, 3.8) is 0 Å². The molecule has 0 fully saturated rings. The zero-order valence-corrected chi connectivity index (χ0v) is 11.4. The van der Waals surface area contributed by atoms with E-state index in [-0.39, 0.29) is 5.69 Å². The monoisotopic (exact) mass is 275 g/mol. The molecule has 19 heavy (non-hydrogen) atoms. The molecule has 4 heteroatoms. The lowest BCUT2D eigenvalue weighted by molar-refractivity contribution is 0.0884. The van der Waals surface area contributed by atoms with Crippen LogP contribution in [0.4, 0.5) is 4.39 Å². The Morgan fingerprint density at radius 3 is 2.68 bits per heavy atom. The molecule has 0 amide bonds. The number of halogens is 1. The third-order valence-electron chi connectivity index (χ3n) is 2.60. The van der Waals surface area contributed by atoms with Gasteiger partial charge in [-0.25, -0.2) is 4.39 Å². The number of alkyl halides is 1. The van der Waals surface area contributed by atoms with Crippen LogP contribution in [0.1, 0.15) is 23.0 Å². The number of benzene rings is 1. The largest absolute Gasteiger partial charge is 0.289 e. The van der Waals surface area contributed by atoms with Gasteiger partial charge in [0, 0.05) is 16.8 Å². The predicted octanol–water partition coefficient (Wildman–Crippen LogP) is 3.91. The molecule has 1 atom stereocenters. The van der Waals surface area contributed by atoms with Gasteiger partial charge in [0.15, 0.2) is 6.17 Å². The van der Waals surface area contributed by atoms with E-state index >= 15 is 0 Å². The summed E-state index contributed by atoms with van der Waals surface area (Å²) in [6.07, 6.45) is -0.00618. The molecule has 1 aromatic heterocycles. The van der Waals surface area contributed by atoms with Crippen LogP contribution in [-0.2, 0) is 5.75 Å². The summed E-state index contributed by atoms with van der Waals surface area (Å²) in [6, 6.07) is 13.5. The van der Waals surface area contributed by atoms with Gasteiger partial charge in [-0.2, -0.15) is 0 Å². The second-order valence-electron chi connectivity index (χ2n) is 4.10. The van der Waals surface area contributed by atoms with Crippen molar-refractivity contribution in [1.29, 1.82) is 0 Å². The number of carbonyl (C=O) groups is 1. The number of rotatable bonds is 5. The SMILES string of the molecule is CC(F)C(=O)c1ncccc1SCc1ccccc1. The predicted molar refractivity (Wildman–Crippen MR) is 75.1 cm³/mol. The number of hydrogen-bond acceptors (Lipinski definition) is 3. The summed E-state index contributed by atoms with van der Waals surface area (Å²) in [5, 5.41) is 0. The first kappa shape index (κ1) is 13.7. The molecule has 2 aromatic rings. The number of Topliss-reactive ketones (excluding diaryl/α,β-unsaturated/α-hetero) is 1. The van der Waals surface area contributed by atoms with E-state index in [4.69, 9.17) is 0 Å². The second-order valence-corrected chi connectivity index (χ2v) is 5.12. The molecule has 0 aliphatic carbocycles. The summed E-state index contributed by atoms with van der Waals surface area (Å²) in [7, 11) is 0. The van der Waals surface area contributed by atoms with Crippen molar-refractivity contribution in [3.8, 4) is 0 Å². The summed E-state index contributed by atoms with van der Waals surface area (Å²) >= 11 is 1.50. The Morgan fingerprint density at radius 1 is 1.26 bits per heavy atom. The van der Waals surface area contributed by atoms with Crippen LogP contribution < -0.4 is 0 Å². The number of ketones is 1. The van der Waals surface area contributed by atoms with Crippen LogP contribution in [0, 0.1) is 0 Å². The molecule has 0 aliphatic rings. The average Bonchev–Trinajstić information content (AvgIpc) is 2.45. The highest BCUT2D eigenvalue weighted by atomic mass is 32.2. The number of aromatic nitrogens is 1. The topological polar surface area (TPSA) is 30.0 Å². The van der Waals surface area contributed by atoms with E-state index in [0.717, 1.165) is 16.2 Å². The summed E-state index contributed by atoms with van der Waals surface area (Å²) in [5.41, 5.74) is 1.38. The highest BCUT2D eigenvalue weighted by Crippen LogP contribution is 2.26. The van der Waals surface area contributed by atoms with Gasteiger partial charge in [-0.15, -0.1) is 11.8 Å². The highest BCUT2D eigenvalue weighted by molar-refractivity contribution is 7.98. The average molecular weight is 275 g/mol. The number of thioether (sulfide) groups is 1. The van der Waals surface area contributed by atoms with Crippen molar-refractivity contribution >= 4 is 17.5 Å². The van der Waals surface area contributed by atoms with Crippen LogP contribution in [-0.4, -0.2) is 16.9 Å². The summed E-state index contributed by atoms with van der Waals surface area (Å²) in [5.74, 6) is 0.171. The molecule has 0 spiro atoms. The normalized spacial score (nSPS) is 12.1. The van der Waals surface area contributed by atoms with Gasteiger partial charge >= 0.3 is 0 Å². The van der Waals surface area contributed by atoms with Gasteiger partial charge in [0.25, 0.3) is 0 Å². The number of nitrogens with zero attached hydrogens (tertiary/aromatic N) is 1. The van der Waals surface area contributed by atoms with E-state index in [9.17, 15) is 9.18 Å². The Labute approximate surface area is 116 Å².